The van der Waals surface area contributed by atoms with Crippen LogP contribution in [0.5, 0.6) is 0 Å². The molecule has 4 aromatic rings. The average Bonchev–Trinajstić information content (AvgIpc) is 3.05. The van der Waals surface area contributed by atoms with Gasteiger partial charge in [0.25, 0.3) is 0 Å². The van der Waals surface area contributed by atoms with Gasteiger partial charge in [0.15, 0.2) is 18.2 Å². The van der Waals surface area contributed by atoms with Gasteiger partial charge in [-0.25, -0.2) is 9.97 Å². The van der Waals surface area contributed by atoms with Gasteiger partial charge in [0.1, 0.15) is 5.52 Å². The molecule has 0 fully saturated rings. The van der Waals surface area contributed by atoms with E-state index in [-0.39, 0.29) is 6.61 Å². The third kappa shape index (κ3) is 3.53. The lowest BCUT2D eigenvalue weighted by molar-refractivity contribution is 0.123. The summed E-state index contributed by atoms with van der Waals surface area (Å²) in [5.74, 6) is 1.67. The smallest absolute Gasteiger partial charge is 0.174 e. The van der Waals surface area contributed by atoms with Crippen molar-refractivity contribution in [3.63, 3.8) is 0 Å². The summed E-state index contributed by atoms with van der Waals surface area (Å²) in [6, 6.07) is 17.8. The quantitative estimate of drug-likeness (QED) is 0.402. The monoisotopic (exact) mass is 373 g/mol. The van der Waals surface area contributed by atoms with Crippen LogP contribution in [0, 0.1) is 5.92 Å². The maximum absolute atomic E-state index is 6.21. The second kappa shape index (κ2) is 7.68. The summed E-state index contributed by atoms with van der Waals surface area (Å²) in [4.78, 5) is 14.8. The van der Waals surface area contributed by atoms with Crippen LogP contribution in [0.3, 0.4) is 0 Å². The third-order valence-electron chi connectivity index (χ3n) is 4.51. The molecule has 2 aromatic carbocycles. The Morgan fingerprint density at radius 1 is 1.07 bits per heavy atom. The number of rotatable bonds is 6. The predicted molar refractivity (Wildman–Crippen MR) is 113 cm³/mol. The number of benzene rings is 2. The van der Waals surface area contributed by atoms with E-state index in [2.05, 4.69) is 34.6 Å². The fraction of sp³-hybridized carbons (Fsp3) is 0.227. The van der Waals surface area contributed by atoms with Gasteiger partial charge in [-0.1, -0.05) is 67.5 Å². The molecule has 0 aliphatic rings. The Hall–Kier alpha value is -3.41. The molecule has 4 rings (SSSR count). The summed E-state index contributed by atoms with van der Waals surface area (Å²) < 4.78 is 2.18. The van der Waals surface area contributed by atoms with E-state index in [1.165, 1.54) is 0 Å². The first-order valence-corrected chi connectivity index (χ1v) is 9.37. The minimum atomic E-state index is 0.262. The van der Waals surface area contributed by atoms with Gasteiger partial charge in [-0.15, -0.1) is 0 Å². The Balaban J connectivity index is 1.72. The molecular weight excluding hydrogens is 350 g/mol. The molecule has 0 radical (unpaired) electrons. The van der Waals surface area contributed by atoms with Crippen LogP contribution >= 0.6 is 0 Å². The average molecular weight is 373 g/mol. The molecule has 0 saturated carbocycles. The lowest BCUT2D eigenvalue weighted by Gasteiger charge is -2.12. The number of oxime groups is 1. The van der Waals surface area contributed by atoms with Crippen LogP contribution in [0.15, 0.2) is 59.8 Å². The van der Waals surface area contributed by atoms with Crippen molar-refractivity contribution in [1.82, 2.24) is 14.5 Å². The van der Waals surface area contributed by atoms with E-state index in [0.717, 1.165) is 34.4 Å². The lowest BCUT2D eigenvalue weighted by Crippen LogP contribution is -2.09. The number of hydrogen-bond donors (Lipinski definition) is 1. The van der Waals surface area contributed by atoms with Crippen molar-refractivity contribution in [2.24, 2.45) is 11.1 Å². The summed E-state index contributed by atoms with van der Waals surface area (Å²) in [6.07, 6.45) is 1.70. The first-order chi connectivity index (χ1) is 13.6. The Bertz CT molecular complexity index is 1130. The predicted octanol–water partition coefficient (Wildman–Crippen LogP) is 4.37. The summed E-state index contributed by atoms with van der Waals surface area (Å²) in [6.45, 7) is 5.43. The standard InChI is InChI=1S/C22H23N5O/c1-15(2)13-27-19(14-28-24-12-16-8-4-3-5-9-16)26-20-21(27)17-10-6-7-11-18(17)25-22(20)23/h3-12,15H,13-14H2,1-2H3,(H2,23,25). The van der Waals surface area contributed by atoms with Crippen molar-refractivity contribution in [1.29, 1.82) is 0 Å². The number of para-hydroxylation sites is 1. The van der Waals surface area contributed by atoms with Crippen molar-refractivity contribution >= 4 is 34.0 Å². The van der Waals surface area contributed by atoms with E-state index in [4.69, 9.17) is 15.6 Å². The fourth-order valence-corrected chi connectivity index (χ4v) is 3.31. The SMILES string of the molecule is CC(C)Cn1c(CON=Cc2ccccc2)nc2c(N)nc3ccccc3c21. The van der Waals surface area contributed by atoms with E-state index in [1.54, 1.807) is 6.21 Å². The molecule has 0 unspecified atom stereocenters. The molecule has 2 N–H and O–H groups in total. The zero-order valence-corrected chi connectivity index (χ0v) is 16.0. The van der Waals surface area contributed by atoms with Gasteiger partial charge in [0.05, 0.1) is 17.2 Å². The van der Waals surface area contributed by atoms with Gasteiger partial charge in [-0.3, -0.25) is 0 Å². The number of fused-ring (bicyclic) bond motifs is 3. The van der Waals surface area contributed by atoms with E-state index < -0.39 is 0 Å². The Morgan fingerprint density at radius 3 is 2.61 bits per heavy atom. The van der Waals surface area contributed by atoms with Crippen molar-refractivity contribution in [2.75, 3.05) is 5.73 Å². The number of anilines is 1. The first kappa shape index (κ1) is 18.0. The number of nitrogens with two attached hydrogens (primary N) is 1. The summed E-state index contributed by atoms with van der Waals surface area (Å²) in [5.41, 5.74) is 9.78. The molecule has 0 atom stereocenters. The van der Waals surface area contributed by atoms with Gasteiger partial charge in [-0.05, 0) is 17.5 Å². The summed E-state index contributed by atoms with van der Waals surface area (Å²) >= 11 is 0. The van der Waals surface area contributed by atoms with Crippen molar-refractivity contribution < 1.29 is 4.84 Å². The zero-order chi connectivity index (χ0) is 19.5. The van der Waals surface area contributed by atoms with E-state index in [1.807, 2.05) is 48.5 Å². The van der Waals surface area contributed by atoms with E-state index in [0.29, 0.717) is 17.3 Å². The van der Waals surface area contributed by atoms with Gasteiger partial charge in [-0.2, -0.15) is 0 Å². The molecule has 0 amide bonds. The maximum Gasteiger partial charge on any atom is 0.174 e. The van der Waals surface area contributed by atoms with Crippen LogP contribution in [0.2, 0.25) is 0 Å². The largest absolute Gasteiger partial charge is 0.388 e. The highest BCUT2D eigenvalue weighted by Crippen LogP contribution is 2.29. The fourth-order valence-electron chi connectivity index (χ4n) is 3.31. The van der Waals surface area contributed by atoms with Crippen molar-refractivity contribution in [3.8, 4) is 0 Å². The minimum absolute atomic E-state index is 0.262. The Kier molecular flexibility index (Phi) is 4.93. The maximum atomic E-state index is 6.21. The van der Waals surface area contributed by atoms with Crippen LogP contribution < -0.4 is 5.73 Å². The Morgan fingerprint density at radius 2 is 1.82 bits per heavy atom. The molecule has 2 aromatic heterocycles. The van der Waals surface area contributed by atoms with Crippen LogP contribution in [-0.2, 0) is 18.0 Å². The van der Waals surface area contributed by atoms with Crippen LogP contribution in [0.4, 0.5) is 5.82 Å². The van der Waals surface area contributed by atoms with E-state index in [9.17, 15) is 0 Å². The minimum Gasteiger partial charge on any atom is -0.388 e. The molecular formula is C22H23N5O. The number of imidazole rings is 1. The van der Waals surface area contributed by atoms with Crippen molar-refractivity contribution in [2.45, 2.75) is 27.0 Å². The molecule has 0 aliphatic heterocycles. The second-order valence-electron chi connectivity index (χ2n) is 7.16. The molecule has 0 bridgehead atoms. The number of pyridine rings is 1. The molecule has 6 nitrogen and oxygen atoms in total. The molecule has 142 valence electrons. The summed E-state index contributed by atoms with van der Waals surface area (Å²) in [5, 5.41) is 5.13. The molecule has 0 spiro atoms. The molecule has 28 heavy (non-hydrogen) atoms. The highest BCUT2D eigenvalue weighted by Gasteiger charge is 2.18. The van der Waals surface area contributed by atoms with Gasteiger partial charge in [0, 0.05) is 11.9 Å². The molecule has 0 saturated heterocycles. The van der Waals surface area contributed by atoms with Crippen molar-refractivity contribution in [3.05, 3.63) is 66.0 Å². The van der Waals surface area contributed by atoms with Crippen LogP contribution in [0.25, 0.3) is 21.9 Å². The molecule has 2 heterocycles. The molecule has 0 aliphatic carbocycles. The van der Waals surface area contributed by atoms with Gasteiger partial charge in [0.2, 0.25) is 0 Å². The van der Waals surface area contributed by atoms with Crippen LogP contribution in [-0.4, -0.2) is 20.7 Å². The van der Waals surface area contributed by atoms with E-state index >= 15 is 0 Å². The zero-order valence-electron chi connectivity index (χ0n) is 16.0. The third-order valence-corrected chi connectivity index (χ3v) is 4.51. The number of aromatic nitrogens is 3. The van der Waals surface area contributed by atoms with Gasteiger partial charge >= 0.3 is 0 Å². The normalized spacial score (nSPS) is 11.8. The highest BCUT2D eigenvalue weighted by atomic mass is 16.6. The van der Waals surface area contributed by atoms with Crippen LogP contribution in [0.1, 0.15) is 25.2 Å². The Labute approximate surface area is 163 Å². The first-order valence-electron chi connectivity index (χ1n) is 9.37. The highest BCUT2D eigenvalue weighted by molar-refractivity contribution is 6.06. The van der Waals surface area contributed by atoms with Gasteiger partial charge < -0.3 is 15.1 Å². The number of nitrogen functional groups attached to an aromatic ring is 1. The lowest BCUT2D eigenvalue weighted by atomic mass is 10.1. The number of nitrogens with zero attached hydrogens (tertiary/aromatic N) is 4. The topological polar surface area (TPSA) is 78.3 Å². The molecule has 6 heteroatoms. The summed E-state index contributed by atoms with van der Waals surface area (Å²) in [7, 11) is 0. The second-order valence-corrected chi connectivity index (χ2v) is 7.16. The number of hydrogen-bond acceptors (Lipinski definition) is 5.